The number of hydrogen-bond donors (Lipinski definition) is 1. The minimum atomic E-state index is -1.58. The van der Waals surface area contributed by atoms with E-state index < -0.39 is 8.07 Å². The second-order valence-electron chi connectivity index (χ2n) is 11.0. The molecule has 0 bridgehead atoms. The van der Waals surface area contributed by atoms with Gasteiger partial charge in [0, 0.05) is 49.5 Å². The minimum Gasteiger partial charge on any atom is -0.512 e. The summed E-state index contributed by atoms with van der Waals surface area (Å²) in [6.45, 7) is 14.3. The van der Waals surface area contributed by atoms with Crippen LogP contribution in [0.2, 0.25) is 19.6 Å². The Morgan fingerprint density at radius 3 is 2.17 bits per heavy atom. The van der Waals surface area contributed by atoms with Gasteiger partial charge in [-0.05, 0) is 41.9 Å². The van der Waals surface area contributed by atoms with Gasteiger partial charge in [0.25, 0.3) is 0 Å². The Morgan fingerprint density at radius 2 is 1.60 bits per heavy atom. The van der Waals surface area contributed by atoms with Gasteiger partial charge in [0.05, 0.1) is 19.3 Å². The third kappa shape index (κ3) is 7.00. The molecule has 5 rings (SSSR count). The molecule has 0 aliphatic rings. The number of rotatable bonds is 4. The van der Waals surface area contributed by atoms with Crippen molar-refractivity contribution in [1.82, 2.24) is 9.97 Å². The van der Waals surface area contributed by atoms with Gasteiger partial charge in [-0.1, -0.05) is 81.1 Å². The molecule has 6 heteroatoms. The third-order valence-corrected chi connectivity index (χ3v) is 8.50. The molecular weight excluding hydrogens is 689 g/mol. The summed E-state index contributed by atoms with van der Waals surface area (Å²) >= 11 is 0. The summed E-state index contributed by atoms with van der Waals surface area (Å²) in [5.41, 5.74) is 7.90. The number of allylic oxidation sites excluding steroid dienone is 2. The molecule has 3 aromatic carbocycles. The number of aryl methyl sites for hydroxylation is 2. The number of hydrogen-bond acceptors (Lipinski definition) is 4. The molecule has 0 fully saturated rings. The average molecular weight is 724 g/mol. The fraction of sp³-hybridized carbons (Fsp3) is 0.206. The molecule has 0 spiro atoms. The van der Waals surface area contributed by atoms with Gasteiger partial charge >= 0.3 is 0 Å². The smallest absolute Gasteiger partial charge is 0.155 e. The summed E-state index contributed by atoms with van der Waals surface area (Å²) in [4.78, 5) is 19.8. The SMILES string of the molecule is CC(=O)/C=C(/C)O.Cc1[c-]c(-c2nccc3c2cnc2c(-c4ccccc4)c([Si](C)(C)C)ccc23)cc(C)c1.[Ir]. The fourth-order valence-corrected chi connectivity index (χ4v) is 6.56. The van der Waals surface area contributed by atoms with E-state index in [0.29, 0.717) is 0 Å². The molecule has 5 aromatic rings. The van der Waals surface area contributed by atoms with Crippen LogP contribution in [-0.2, 0) is 24.9 Å². The van der Waals surface area contributed by atoms with E-state index >= 15 is 0 Å². The van der Waals surface area contributed by atoms with Crippen LogP contribution < -0.4 is 5.19 Å². The molecule has 40 heavy (non-hydrogen) atoms. The van der Waals surface area contributed by atoms with E-state index in [0.717, 1.165) is 27.7 Å². The quantitative estimate of drug-likeness (QED) is 0.0670. The normalized spacial score (nSPS) is 11.5. The first kappa shape index (κ1) is 31.1. The molecule has 207 valence electrons. The van der Waals surface area contributed by atoms with Crippen LogP contribution in [0.4, 0.5) is 0 Å². The van der Waals surface area contributed by atoms with Crippen molar-refractivity contribution in [1.29, 1.82) is 0 Å². The van der Waals surface area contributed by atoms with E-state index in [1.807, 2.05) is 12.4 Å². The predicted octanol–water partition coefficient (Wildman–Crippen LogP) is 8.11. The molecule has 0 saturated carbocycles. The number of ketones is 1. The average Bonchev–Trinajstić information content (AvgIpc) is 2.86. The van der Waals surface area contributed by atoms with Crippen molar-refractivity contribution in [2.75, 3.05) is 0 Å². The van der Waals surface area contributed by atoms with Crippen LogP contribution in [0.5, 0.6) is 0 Å². The van der Waals surface area contributed by atoms with E-state index in [1.165, 1.54) is 52.6 Å². The van der Waals surface area contributed by atoms with Crippen molar-refractivity contribution in [2.45, 2.75) is 47.3 Å². The maximum Gasteiger partial charge on any atom is 0.155 e. The Bertz CT molecular complexity index is 1680. The van der Waals surface area contributed by atoms with E-state index in [4.69, 9.17) is 15.1 Å². The van der Waals surface area contributed by atoms with Crippen molar-refractivity contribution in [3.63, 3.8) is 0 Å². The number of nitrogens with zero attached hydrogens (tertiary/aromatic N) is 2. The molecule has 1 radical (unpaired) electrons. The molecule has 0 amide bonds. The van der Waals surface area contributed by atoms with Crippen LogP contribution in [0.3, 0.4) is 0 Å². The van der Waals surface area contributed by atoms with E-state index in [1.54, 1.807) is 0 Å². The van der Waals surface area contributed by atoms with Crippen molar-refractivity contribution in [3.8, 4) is 22.4 Å². The van der Waals surface area contributed by atoms with E-state index in [-0.39, 0.29) is 31.6 Å². The van der Waals surface area contributed by atoms with Gasteiger partial charge in [0.2, 0.25) is 0 Å². The van der Waals surface area contributed by atoms with Crippen molar-refractivity contribution < 1.29 is 30.0 Å². The van der Waals surface area contributed by atoms with Crippen LogP contribution in [0.25, 0.3) is 44.1 Å². The summed E-state index contributed by atoms with van der Waals surface area (Å²) in [5, 5.41) is 13.2. The second-order valence-corrected chi connectivity index (χ2v) is 16.1. The van der Waals surface area contributed by atoms with Crippen molar-refractivity contribution >= 4 is 40.7 Å². The molecule has 0 atom stereocenters. The van der Waals surface area contributed by atoms with Crippen LogP contribution in [0.1, 0.15) is 25.0 Å². The summed E-state index contributed by atoms with van der Waals surface area (Å²) in [7, 11) is -1.58. The molecule has 2 aromatic heterocycles. The Kier molecular flexibility index (Phi) is 9.96. The fourth-order valence-electron chi connectivity index (χ4n) is 4.96. The summed E-state index contributed by atoms with van der Waals surface area (Å²) in [5.74, 6) is -0.0625. The molecule has 2 heterocycles. The van der Waals surface area contributed by atoms with E-state index in [9.17, 15) is 4.79 Å². The molecule has 4 nitrogen and oxygen atoms in total. The standard InChI is InChI=1S/C29H27N2Si.C5H8O2.Ir/c1-19-15-20(2)17-22(16-19)28-25-18-31-29-24(23(25)13-14-30-28)11-12-26(32(3,4)5)27(29)21-9-7-6-8-10-21;1-4(6)3-5(2)7;/h6-16,18H,1-5H3;3,6H,1-2H3;/q-1;;/b;4-3-;. The largest absolute Gasteiger partial charge is 0.512 e. The van der Waals surface area contributed by atoms with Crippen molar-refractivity contribution in [3.05, 3.63) is 102 Å². The van der Waals surface area contributed by atoms with Crippen molar-refractivity contribution in [2.24, 2.45) is 0 Å². The summed E-state index contributed by atoms with van der Waals surface area (Å²) < 4.78 is 0. The first-order valence-corrected chi connectivity index (χ1v) is 16.6. The molecule has 0 saturated heterocycles. The Morgan fingerprint density at radius 1 is 0.900 bits per heavy atom. The number of fused-ring (bicyclic) bond motifs is 3. The van der Waals surface area contributed by atoms with Crippen LogP contribution >= 0.6 is 0 Å². The molecule has 1 N–H and O–H groups in total. The predicted molar refractivity (Wildman–Crippen MR) is 166 cm³/mol. The van der Waals surface area contributed by atoms with Gasteiger partial charge in [0.1, 0.15) is 0 Å². The number of aliphatic hydroxyl groups is 1. The number of carbonyl (C=O) groups is 1. The van der Waals surface area contributed by atoms with Crippen LogP contribution in [-0.4, -0.2) is 28.9 Å². The molecule has 0 aliphatic carbocycles. The second kappa shape index (κ2) is 12.8. The first-order valence-electron chi connectivity index (χ1n) is 13.1. The number of aliphatic hydroxyl groups excluding tert-OH is 1. The van der Waals surface area contributed by atoms with Crippen LogP contribution in [0.15, 0.2) is 84.9 Å². The van der Waals surface area contributed by atoms with Gasteiger partial charge in [-0.25, -0.2) is 0 Å². The zero-order valence-electron chi connectivity index (χ0n) is 24.1. The number of carbonyl (C=O) groups excluding carboxylic acids is 1. The van der Waals surface area contributed by atoms with Gasteiger partial charge in [-0.3, -0.25) is 9.78 Å². The van der Waals surface area contributed by atoms with Gasteiger partial charge in [0.15, 0.2) is 5.78 Å². The first-order chi connectivity index (χ1) is 18.5. The van der Waals surface area contributed by atoms with Gasteiger partial charge in [-0.15, -0.1) is 34.9 Å². The van der Waals surface area contributed by atoms with E-state index in [2.05, 4.69) is 100 Å². The Labute approximate surface area is 251 Å². The minimum absolute atomic E-state index is 0. The topological polar surface area (TPSA) is 63.1 Å². The summed E-state index contributed by atoms with van der Waals surface area (Å²) in [6.07, 6.45) is 5.09. The maximum atomic E-state index is 10.0. The summed E-state index contributed by atoms with van der Waals surface area (Å²) in [6, 6.07) is 25.2. The number of aromatic nitrogens is 2. The third-order valence-electron chi connectivity index (χ3n) is 6.47. The zero-order valence-corrected chi connectivity index (χ0v) is 27.5. The zero-order chi connectivity index (χ0) is 28.3. The molecule has 0 unspecified atom stereocenters. The number of benzene rings is 3. The van der Waals surface area contributed by atoms with Gasteiger partial charge < -0.3 is 10.1 Å². The Balaban J connectivity index is 0.000000492. The number of pyridine rings is 2. The van der Waals surface area contributed by atoms with Gasteiger partial charge in [-0.2, -0.15) is 0 Å². The maximum absolute atomic E-state index is 10.0. The molecule has 0 aliphatic heterocycles. The Hall–Kier alpha value is -3.44. The molecular formula is C34H35IrN2O2Si-. The van der Waals surface area contributed by atoms with Crippen LogP contribution in [0, 0.1) is 19.9 Å². The monoisotopic (exact) mass is 724 g/mol.